The number of hydrogen-bond donors (Lipinski definition) is 2. The molecule has 2 aromatic carbocycles. The average molecular weight is 332 g/mol. The Balaban J connectivity index is 1.85. The number of nitrogens with one attached hydrogen (secondary N) is 1. The molecule has 4 aromatic rings. The molecule has 2 aromatic heterocycles. The Labute approximate surface area is 144 Å². The van der Waals surface area contributed by atoms with Gasteiger partial charge in [-0.1, -0.05) is 6.07 Å². The second kappa shape index (κ2) is 6.16. The van der Waals surface area contributed by atoms with Gasteiger partial charge in [-0.15, -0.1) is 0 Å². The lowest BCUT2D eigenvalue weighted by atomic mass is 10.1. The summed E-state index contributed by atoms with van der Waals surface area (Å²) in [5, 5.41) is 13.0. The minimum atomic E-state index is 0.219. The van der Waals surface area contributed by atoms with E-state index in [0.29, 0.717) is 0 Å². The number of aromatic hydroxyl groups is 1. The topological polar surface area (TPSA) is 71.7 Å². The van der Waals surface area contributed by atoms with E-state index in [-0.39, 0.29) is 5.75 Å². The van der Waals surface area contributed by atoms with Crippen LogP contribution in [0.4, 0.5) is 11.5 Å². The number of aromatic nitrogens is 3. The van der Waals surface area contributed by atoms with Gasteiger partial charge in [0.1, 0.15) is 23.0 Å². The summed E-state index contributed by atoms with van der Waals surface area (Å²) in [6.45, 7) is 0. The van der Waals surface area contributed by atoms with Gasteiger partial charge >= 0.3 is 0 Å². The van der Waals surface area contributed by atoms with E-state index in [0.717, 1.165) is 34.2 Å². The van der Waals surface area contributed by atoms with Gasteiger partial charge in [-0.2, -0.15) is 0 Å². The quantitative estimate of drug-likeness (QED) is 0.594. The van der Waals surface area contributed by atoms with Gasteiger partial charge in [-0.25, -0.2) is 4.98 Å². The van der Waals surface area contributed by atoms with E-state index in [9.17, 15) is 5.11 Å². The summed E-state index contributed by atoms with van der Waals surface area (Å²) >= 11 is 0. The van der Waals surface area contributed by atoms with Gasteiger partial charge in [0.25, 0.3) is 0 Å². The first kappa shape index (κ1) is 15.0. The van der Waals surface area contributed by atoms with Crippen LogP contribution in [-0.2, 0) is 0 Å². The van der Waals surface area contributed by atoms with Crippen LogP contribution >= 0.6 is 0 Å². The first-order chi connectivity index (χ1) is 12.2. The number of anilines is 2. The largest absolute Gasteiger partial charge is 0.508 e. The average Bonchev–Trinajstić information content (AvgIpc) is 3.01. The molecule has 6 nitrogen and oxygen atoms in total. The molecule has 0 aliphatic rings. The molecule has 0 fully saturated rings. The molecule has 0 bridgehead atoms. The van der Waals surface area contributed by atoms with Crippen molar-refractivity contribution < 1.29 is 9.84 Å². The monoisotopic (exact) mass is 332 g/mol. The predicted octanol–water partition coefficient (Wildman–Crippen LogP) is 3.85. The normalized spacial score (nSPS) is 10.8. The number of rotatable bonds is 4. The molecule has 25 heavy (non-hydrogen) atoms. The molecule has 0 aliphatic heterocycles. The molecule has 2 heterocycles. The number of phenolic OH excluding ortho intramolecular Hbond substituents is 1. The van der Waals surface area contributed by atoms with E-state index in [1.165, 1.54) is 0 Å². The van der Waals surface area contributed by atoms with E-state index in [2.05, 4.69) is 15.3 Å². The zero-order chi connectivity index (χ0) is 17.2. The van der Waals surface area contributed by atoms with Crippen molar-refractivity contribution in [3.63, 3.8) is 0 Å². The van der Waals surface area contributed by atoms with Gasteiger partial charge < -0.3 is 15.2 Å². The summed E-state index contributed by atoms with van der Waals surface area (Å²) in [4.78, 5) is 8.81. The zero-order valence-corrected chi connectivity index (χ0v) is 13.5. The Kier molecular flexibility index (Phi) is 3.70. The molecule has 0 unspecified atom stereocenters. The highest BCUT2D eigenvalue weighted by Crippen LogP contribution is 2.32. The third-order valence-corrected chi connectivity index (χ3v) is 3.90. The van der Waals surface area contributed by atoms with Crippen LogP contribution in [0.25, 0.3) is 16.9 Å². The highest BCUT2D eigenvalue weighted by molar-refractivity contribution is 5.79. The van der Waals surface area contributed by atoms with E-state index in [1.54, 1.807) is 31.6 Å². The van der Waals surface area contributed by atoms with Crippen molar-refractivity contribution in [2.75, 3.05) is 12.4 Å². The van der Waals surface area contributed by atoms with Crippen LogP contribution in [0.1, 0.15) is 0 Å². The Hall–Kier alpha value is -3.54. The van der Waals surface area contributed by atoms with Crippen molar-refractivity contribution in [3.05, 3.63) is 67.1 Å². The Morgan fingerprint density at radius 1 is 1.12 bits per heavy atom. The number of nitrogens with zero attached hydrogens (tertiary/aromatic N) is 3. The summed E-state index contributed by atoms with van der Waals surface area (Å²) in [5.41, 5.74) is 3.29. The van der Waals surface area contributed by atoms with Crippen LogP contribution in [0, 0.1) is 0 Å². The number of imidazole rings is 1. The number of methoxy groups -OCH3 is 1. The lowest BCUT2D eigenvalue weighted by molar-refractivity contribution is 0.415. The lowest BCUT2D eigenvalue weighted by Gasteiger charge is -2.10. The molecule has 124 valence electrons. The third-order valence-electron chi connectivity index (χ3n) is 3.90. The maximum atomic E-state index is 9.54. The summed E-state index contributed by atoms with van der Waals surface area (Å²) in [5.74, 6) is 1.81. The number of hydrogen-bond acceptors (Lipinski definition) is 5. The lowest BCUT2D eigenvalue weighted by Crippen LogP contribution is -1.97. The second-order valence-corrected chi connectivity index (χ2v) is 5.52. The van der Waals surface area contributed by atoms with E-state index >= 15 is 0 Å². The first-order valence-electron chi connectivity index (χ1n) is 7.77. The standard InChI is InChI=1S/C19H16N4O2/c1-25-16-4-2-3-14(11-16)21-19-18(13-5-7-15(24)8-6-13)22-17-12-20-9-10-23(17)19/h2-12,21,24H,1H3. The van der Waals surface area contributed by atoms with Gasteiger partial charge in [0.15, 0.2) is 5.65 Å². The summed E-state index contributed by atoms with van der Waals surface area (Å²) in [6.07, 6.45) is 5.28. The zero-order valence-electron chi connectivity index (χ0n) is 13.5. The van der Waals surface area contributed by atoms with E-state index < -0.39 is 0 Å². The molecule has 4 rings (SSSR count). The number of fused-ring (bicyclic) bond motifs is 1. The number of phenols is 1. The maximum absolute atomic E-state index is 9.54. The molecular formula is C19H16N4O2. The highest BCUT2D eigenvalue weighted by atomic mass is 16.5. The summed E-state index contributed by atoms with van der Waals surface area (Å²) in [6, 6.07) is 14.7. The minimum Gasteiger partial charge on any atom is -0.508 e. The Morgan fingerprint density at radius 3 is 2.76 bits per heavy atom. The fourth-order valence-corrected chi connectivity index (χ4v) is 2.68. The molecule has 0 saturated heterocycles. The fraction of sp³-hybridized carbons (Fsp3) is 0.0526. The van der Waals surface area contributed by atoms with Crippen LogP contribution < -0.4 is 10.1 Å². The molecule has 0 aliphatic carbocycles. The smallest absolute Gasteiger partial charge is 0.157 e. The second-order valence-electron chi connectivity index (χ2n) is 5.52. The van der Waals surface area contributed by atoms with Gasteiger partial charge in [-0.3, -0.25) is 9.38 Å². The summed E-state index contributed by atoms with van der Waals surface area (Å²) in [7, 11) is 1.64. The van der Waals surface area contributed by atoms with Crippen molar-refractivity contribution in [3.8, 4) is 22.8 Å². The molecule has 0 saturated carbocycles. The molecular weight excluding hydrogens is 316 g/mol. The Bertz CT molecular complexity index is 1030. The van der Waals surface area contributed by atoms with Crippen molar-refractivity contribution in [2.45, 2.75) is 0 Å². The van der Waals surface area contributed by atoms with Gasteiger partial charge in [0, 0.05) is 29.7 Å². The van der Waals surface area contributed by atoms with Crippen LogP contribution in [0.3, 0.4) is 0 Å². The molecule has 0 spiro atoms. The van der Waals surface area contributed by atoms with Crippen LogP contribution in [-0.4, -0.2) is 26.6 Å². The van der Waals surface area contributed by atoms with Gasteiger partial charge in [0.2, 0.25) is 0 Å². The SMILES string of the molecule is COc1cccc(Nc2c(-c3ccc(O)cc3)nc3cnccn23)c1. The highest BCUT2D eigenvalue weighted by Gasteiger charge is 2.14. The van der Waals surface area contributed by atoms with Crippen molar-refractivity contribution in [1.29, 1.82) is 0 Å². The van der Waals surface area contributed by atoms with Crippen LogP contribution in [0.15, 0.2) is 67.1 Å². The summed E-state index contributed by atoms with van der Waals surface area (Å²) < 4.78 is 7.23. The number of ether oxygens (including phenoxy) is 1. The van der Waals surface area contributed by atoms with Crippen molar-refractivity contribution >= 4 is 17.2 Å². The number of benzene rings is 2. The Morgan fingerprint density at radius 2 is 1.96 bits per heavy atom. The van der Waals surface area contributed by atoms with Crippen molar-refractivity contribution in [2.24, 2.45) is 0 Å². The molecule has 0 radical (unpaired) electrons. The third kappa shape index (κ3) is 2.85. The van der Waals surface area contributed by atoms with Crippen molar-refractivity contribution in [1.82, 2.24) is 14.4 Å². The predicted molar refractivity (Wildman–Crippen MR) is 96.4 cm³/mol. The molecule has 0 atom stereocenters. The molecule has 0 amide bonds. The van der Waals surface area contributed by atoms with Gasteiger partial charge in [-0.05, 0) is 36.4 Å². The van der Waals surface area contributed by atoms with Gasteiger partial charge in [0.05, 0.1) is 13.3 Å². The minimum absolute atomic E-state index is 0.219. The van der Waals surface area contributed by atoms with E-state index in [1.807, 2.05) is 47.0 Å². The first-order valence-corrected chi connectivity index (χ1v) is 7.77. The van der Waals surface area contributed by atoms with Crippen LogP contribution in [0.2, 0.25) is 0 Å². The maximum Gasteiger partial charge on any atom is 0.157 e. The fourth-order valence-electron chi connectivity index (χ4n) is 2.68. The van der Waals surface area contributed by atoms with E-state index in [4.69, 9.17) is 4.74 Å². The molecule has 2 N–H and O–H groups in total. The van der Waals surface area contributed by atoms with Crippen LogP contribution in [0.5, 0.6) is 11.5 Å². The molecule has 6 heteroatoms.